The number of para-hydroxylation sites is 1. The number of hydrogen-bond donors (Lipinski definition) is 2. The van der Waals surface area contributed by atoms with Crippen LogP contribution >= 0.6 is 11.8 Å². The predicted molar refractivity (Wildman–Crippen MR) is 97.9 cm³/mol. The van der Waals surface area contributed by atoms with Gasteiger partial charge in [0.05, 0.1) is 4.92 Å². The maximum atomic E-state index is 11.0. The van der Waals surface area contributed by atoms with Gasteiger partial charge in [-0.3, -0.25) is 10.1 Å². The molecule has 5 nitrogen and oxygen atoms in total. The highest BCUT2D eigenvalue weighted by Crippen LogP contribution is 2.40. The molecule has 120 valence electrons. The lowest BCUT2D eigenvalue weighted by Gasteiger charge is -2.12. The van der Waals surface area contributed by atoms with Crippen LogP contribution < -0.4 is 11.5 Å². The van der Waals surface area contributed by atoms with Gasteiger partial charge in [0.25, 0.3) is 5.69 Å². The minimum Gasteiger partial charge on any atom is -0.398 e. The van der Waals surface area contributed by atoms with E-state index in [1.54, 1.807) is 6.07 Å². The molecular weight excluding hydrogens is 322 g/mol. The smallest absolute Gasteiger partial charge is 0.270 e. The second-order valence-corrected chi connectivity index (χ2v) is 6.25. The van der Waals surface area contributed by atoms with Crippen LogP contribution in [-0.2, 0) is 0 Å². The van der Waals surface area contributed by atoms with Crippen LogP contribution in [-0.4, -0.2) is 4.92 Å². The molecule has 0 atom stereocenters. The van der Waals surface area contributed by atoms with Crippen molar-refractivity contribution in [2.45, 2.75) is 9.79 Å². The van der Waals surface area contributed by atoms with Gasteiger partial charge in [0.15, 0.2) is 0 Å². The van der Waals surface area contributed by atoms with Crippen molar-refractivity contribution >= 4 is 28.8 Å². The monoisotopic (exact) mass is 337 g/mol. The zero-order valence-electron chi connectivity index (χ0n) is 12.7. The fourth-order valence-corrected chi connectivity index (χ4v) is 3.40. The van der Waals surface area contributed by atoms with Crippen LogP contribution in [0.4, 0.5) is 17.1 Å². The van der Waals surface area contributed by atoms with Crippen molar-refractivity contribution in [1.29, 1.82) is 0 Å². The number of nitrogen functional groups attached to an aromatic ring is 2. The molecule has 0 aliphatic carbocycles. The Morgan fingerprint density at radius 1 is 0.792 bits per heavy atom. The first-order chi connectivity index (χ1) is 11.6. The number of nitrogens with two attached hydrogens (primary N) is 2. The van der Waals surface area contributed by atoms with Crippen molar-refractivity contribution in [3.05, 3.63) is 76.8 Å². The predicted octanol–water partition coefficient (Wildman–Crippen LogP) is 4.58. The topological polar surface area (TPSA) is 95.2 Å². The molecule has 0 aliphatic rings. The third-order valence-corrected chi connectivity index (χ3v) is 4.72. The van der Waals surface area contributed by atoms with E-state index in [4.69, 9.17) is 11.5 Å². The van der Waals surface area contributed by atoms with Gasteiger partial charge in [0.1, 0.15) is 0 Å². The van der Waals surface area contributed by atoms with Crippen LogP contribution in [0.25, 0.3) is 11.1 Å². The molecule has 0 radical (unpaired) electrons. The number of hydrogen-bond acceptors (Lipinski definition) is 5. The van der Waals surface area contributed by atoms with E-state index in [0.29, 0.717) is 16.3 Å². The second-order valence-electron chi connectivity index (χ2n) is 5.16. The van der Waals surface area contributed by atoms with Crippen LogP contribution in [0.3, 0.4) is 0 Å². The van der Waals surface area contributed by atoms with E-state index in [0.717, 1.165) is 16.0 Å². The molecule has 0 unspecified atom stereocenters. The molecule has 0 amide bonds. The molecule has 0 bridgehead atoms. The number of nitro groups is 1. The molecule has 3 aromatic carbocycles. The Morgan fingerprint density at radius 3 is 2.17 bits per heavy atom. The Kier molecular flexibility index (Phi) is 4.39. The Hall–Kier alpha value is -2.99. The summed E-state index contributed by atoms with van der Waals surface area (Å²) < 4.78 is 0. The van der Waals surface area contributed by atoms with Crippen molar-refractivity contribution in [1.82, 2.24) is 0 Å². The Morgan fingerprint density at radius 2 is 1.46 bits per heavy atom. The minimum atomic E-state index is -0.426. The summed E-state index contributed by atoms with van der Waals surface area (Å²) in [7, 11) is 0. The van der Waals surface area contributed by atoms with E-state index < -0.39 is 4.92 Å². The molecule has 6 heteroatoms. The van der Waals surface area contributed by atoms with E-state index in [1.807, 2.05) is 48.5 Å². The highest BCUT2D eigenvalue weighted by Gasteiger charge is 2.13. The van der Waals surface area contributed by atoms with Crippen LogP contribution in [0.1, 0.15) is 0 Å². The zero-order valence-corrected chi connectivity index (χ0v) is 13.5. The maximum Gasteiger partial charge on any atom is 0.270 e. The molecule has 0 spiro atoms. The molecule has 3 aromatic rings. The van der Waals surface area contributed by atoms with Crippen LogP contribution in [0.5, 0.6) is 0 Å². The average molecular weight is 337 g/mol. The quantitative estimate of drug-likeness (QED) is 0.413. The molecule has 0 saturated carbocycles. The third kappa shape index (κ3) is 3.18. The van der Waals surface area contributed by atoms with Gasteiger partial charge in [-0.15, -0.1) is 0 Å². The van der Waals surface area contributed by atoms with Crippen molar-refractivity contribution in [3.63, 3.8) is 0 Å². The van der Waals surface area contributed by atoms with Gasteiger partial charge >= 0.3 is 0 Å². The summed E-state index contributed by atoms with van der Waals surface area (Å²) in [4.78, 5) is 12.1. The lowest BCUT2D eigenvalue weighted by molar-refractivity contribution is -0.385. The number of rotatable bonds is 4. The van der Waals surface area contributed by atoms with E-state index >= 15 is 0 Å². The van der Waals surface area contributed by atoms with Gasteiger partial charge in [-0.05, 0) is 23.8 Å². The second kappa shape index (κ2) is 6.64. The number of nitro benzene ring substituents is 1. The largest absolute Gasteiger partial charge is 0.398 e. The highest BCUT2D eigenvalue weighted by molar-refractivity contribution is 7.99. The molecule has 0 aromatic heterocycles. The normalized spacial score (nSPS) is 10.5. The van der Waals surface area contributed by atoms with Gasteiger partial charge in [-0.25, -0.2) is 0 Å². The molecule has 0 fully saturated rings. The summed E-state index contributed by atoms with van der Waals surface area (Å²) in [6.07, 6.45) is 0. The van der Waals surface area contributed by atoms with E-state index in [2.05, 4.69) is 0 Å². The van der Waals surface area contributed by atoms with Gasteiger partial charge in [-0.1, -0.05) is 48.2 Å². The number of anilines is 2. The van der Waals surface area contributed by atoms with Crippen molar-refractivity contribution in [2.75, 3.05) is 11.5 Å². The van der Waals surface area contributed by atoms with Gasteiger partial charge in [-0.2, -0.15) is 0 Å². The average Bonchev–Trinajstić information content (AvgIpc) is 2.58. The van der Waals surface area contributed by atoms with Crippen LogP contribution in [0.2, 0.25) is 0 Å². The fourth-order valence-electron chi connectivity index (χ4n) is 2.36. The summed E-state index contributed by atoms with van der Waals surface area (Å²) in [5, 5.41) is 11.0. The zero-order chi connectivity index (χ0) is 17.1. The standard InChI is InChI=1S/C18H15N3O2S/c19-15-7-3-1-5-13(15)14-6-2-4-8-17(14)24-18-11-12(21(22)23)9-10-16(18)20/h1-11H,19-20H2. The Balaban J connectivity index is 2.05. The number of benzene rings is 3. The van der Waals surface area contributed by atoms with Crippen molar-refractivity contribution in [3.8, 4) is 11.1 Å². The summed E-state index contributed by atoms with van der Waals surface area (Å²) in [6, 6.07) is 19.8. The summed E-state index contributed by atoms with van der Waals surface area (Å²) in [6.45, 7) is 0. The fraction of sp³-hybridized carbons (Fsp3) is 0. The first-order valence-corrected chi connectivity index (χ1v) is 8.03. The van der Waals surface area contributed by atoms with Crippen LogP contribution in [0, 0.1) is 10.1 Å². The SMILES string of the molecule is Nc1ccc([N+](=O)[O-])cc1Sc1ccccc1-c1ccccc1N. The maximum absolute atomic E-state index is 11.0. The molecule has 0 saturated heterocycles. The molecule has 0 aliphatic heterocycles. The summed E-state index contributed by atoms with van der Waals surface area (Å²) >= 11 is 1.39. The molecule has 4 N–H and O–H groups in total. The van der Waals surface area contributed by atoms with Crippen LogP contribution in [0.15, 0.2) is 76.5 Å². The lowest BCUT2D eigenvalue weighted by atomic mass is 10.0. The minimum absolute atomic E-state index is 0.0170. The number of non-ortho nitro benzene ring substituents is 1. The van der Waals surface area contributed by atoms with E-state index in [9.17, 15) is 10.1 Å². The first-order valence-electron chi connectivity index (χ1n) is 7.22. The van der Waals surface area contributed by atoms with Gasteiger partial charge < -0.3 is 11.5 Å². The molecule has 3 rings (SSSR count). The van der Waals surface area contributed by atoms with Crippen molar-refractivity contribution in [2.24, 2.45) is 0 Å². The lowest BCUT2D eigenvalue weighted by Crippen LogP contribution is -1.94. The molecular formula is C18H15N3O2S. The first kappa shape index (κ1) is 15.9. The van der Waals surface area contributed by atoms with Gasteiger partial charge in [0, 0.05) is 38.9 Å². The Labute approximate surface area is 143 Å². The van der Waals surface area contributed by atoms with E-state index in [1.165, 1.54) is 23.9 Å². The number of nitrogens with zero attached hydrogens (tertiary/aromatic N) is 1. The van der Waals surface area contributed by atoms with Crippen molar-refractivity contribution < 1.29 is 4.92 Å². The Bertz CT molecular complexity index is 912. The molecule has 24 heavy (non-hydrogen) atoms. The highest BCUT2D eigenvalue weighted by atomic mass is 32.2. The van der Waals surface area contributed by atoms with E-state index in [-0.39, 0.29) is 5.69 Å². The molecule has 0 heterocycles. The summed E-state index contributed by atoms with van der Waals surface area (Å²) in [5.41, 5.74) is 15.2. The summed E-state index contributed by atoms with van der Waals surface area (Å²) in [5.74, 6) is 0. The third-order valence-electron chi connectivity index (χ3n) is 3.57. The van der Waals surface area contributed by atoms with Gasteiger partial charge in [0.2, 0.25) is 0 Å².